The number of nitrogens with two attached hydrogens (primary N) is 1. The van der Waals surface area contributed by atoms with Gasteiger partial charge in [-0.25, -0.2) is 13.2 Å². The van der Waals surface area contributed by atoms with E-state index >= 15 is 0 Å². The highest BCUT2D eigenvalue weighted by Gasteiger charge is 2.14. The van der Waals surface area contributed by atoms with Crippen LogP contribution in [0, 0.1) is 17.5 Å². The quantitative estimate of drug-likeness (QED) is 0.668. The van der Waals surface area contributed by atoms with E-state index in [0.717, 1.165) is 6.07 Å². The Labute approximate surface area is 111 Å². The minimum atomic E-state index is -1.32. The molecule has 0 aliphatic rings. The van der Waals surface area contributed by atoms with E-state index in [1.165, 1.54) is 12.3 Å². The standard InChI is InChI=1S/C11H7F3N4S/c12-5-3-7(13)9(14)8(4-5)17-11-6(10(15)19)1-2-16-18-11/h1-4H,(H2,15,19)(H,17,18). The second-order valence-corrected chi connectivity index (χ2v) is 3.97. The molecule has 0 bridgehead atoms. The second kappa shape index (κ2) is 5.19. The van der Waals surface area contributed by atoms with Gasteiger partial charge in [-0.1, -0.05) is 12.2 Å². The predicted molar refractivity (Wildman–Crippen MR) is 67.5 cm³/mol. The van der Waals surface area contributed by atoms with Crippen LogP contribution in [0.15, 0.2) is 24.4 Å². The molecule has 0 saturated carbocycles. The average molecular weight is 284 g/mol. The number of nitrogens with zero attached hydrogens (tertiary/aromatic N) is 2. The Morgan fingerprint density at radius 2 is 2.00 bits per heavy atom. The monoisotopic (exact) mass is 284 g/mol. The largest absolute Gasteiger partial charge is 0.389 e. The van der Waals surface area contributed by atoms with Gasteiger partial charge in [-0.15, -0.1) is 5.10 Å². The average Bonchev–Trinajstić information content (AvgIpc) is 2.35. The third-order valence-electron chi connectivity index (χ3n) is 2.23. The van der Waals surface area contributed by atoms with Crippen molar-refractivity contribution in [1.29, 1.82) is 0 Å². The summed E-state index contributed by atoms with van der Waals surface area (Å²) in [4.78, 5) is -0.00492. The molecule has 0 spiro atoms. The smallest absolute Gasteiger partial charge is 0.182 e. The van der Waals surface area contributed by atoms with E-state index in [2.05, 4.69) is 15.5 Å². The Bertz CT molecular complexity index is 648. The fourth-order valence-corrected chi connectivity index (χ4v) is 1.56. The first-order chi connectivity index (χ1) is 8.99. The molecule has 1 aromatic heterocycles. The van der Waals surface area contributed by atoms with Gasteiger partial charge in [-0.2, -0.15) is 5.10 Å². The van der Waals surface area contributed by atoms with Crippen LogP contribution in [0.3, 0.4) is 0 Å². The van der Waals surface area contributed by atoms with Gasteiger partial charge in [0, 0.05) is 12.1 Å². The predicted octanol–water partition coefficient (Wildman–Crippen LogP) is 2.27. The van der Waals surface area contributed by atoms with Crippen LogP contribution in [-0.2, 0) is 0 Å². The topological polar surface area (TPSA) is 63.8 Å². The van der Waals surface area contributed by atoms with Gasteiger partial charge in [0.25, 0.3) is 0 Å². The Kier molecular flexibility index (Phi) is 3.61. The zero-order valence-corrected chi connectivity index (χ0v) is 10.1. The van der Waals surface area contributed by atoms with Crippen LogP contribution in [0.4, 0.5) is 24.7 Å². The number of anilines is 2. The lowest BCUT2D eigenvalue weighted by Crippen LogP contribution is -2.14. The molecule has 3 N–H and O–H groups in total. The molecule has 0 atom stereocenters. The molecule has 0 fully saturated rings. The number of nitrogens with one attached hydrogen (secondary N) is 1. The van der Waals surface area contributed by atoms with Crippen molar-refractivity contribution < 1.29 is 13.2 Å². The fourth-order valence-electron chi connectivity index (χ4n) is 1.40. The van der Waals surface area contributed by atoms with Crippen LogP contribution in [0.2, 0.25) is 0 Å². The first-order valence-electron chi connectivity index (χ1n) is 5.02. The number of thiocarbonyl (C=S) groups is 1. The number of benzene rings is 1. The van der Waals surface area contributed by atoms with E-state index in [1.807, 2.05) is 0 Å². The Morgan fingerprint density at radius 1 is 1.26 bits per heavy atom. The van der Waals surface area contributed by atoms with Crippen LogP contribution in [0.25, 0.3) is 0 Å². The highest BCUT2D eigenvalue weighted by atomic mass is 32.1. The van der Waals surface area contributed by atoms with Gasteiger partial charge in [0.15, 0.2) is 17.5 Å². The van der Waals surface area contributed by atoms with E-state index in [1.54, 1.807) is 0 Å². The normalized spacial score (nSPS) is 10.3. The van der Waals surface area contributed by atoms with Gasteiger partial charge in [0.1, 0.15) is 10.8 Å². The molecule has 0 unspecified atom stereocenters. The van der Waals surface area contributed by atoms with E-state index in [4.69, 9.17) is 18.0 Å². The van der Waals surface area contributed by atoms with Gasteiger partial charge < -0.3 is 11.1 Å². The van der Waals surface area contributed by atoms with Crippen LogP contribution in [0.5, 0.6) is 0 Å². The Balaban J connectivity index is 2.45. The highest BCUT2D eigenvalue weighted by molar-refractivity contribution is 7.80. The maximum Gasteiger partial charge on any atom is 0.182 e. The van der Waals surface area contributed by atoms with Gasteiger partial charge in [0.2, 0.25) is 0 Å². The van der Waals surface area contributed by atoms with Crippen LogP contribution in [-0.4, -0.2) is 15.2 Å². The first-order valence-corrected chi connectivity index (χ1v) is 5.43. The van der Waals surface area contributed by atoms with Crippen LogP contribution in [0.1, 0.15) is 5.56 Å². The van der Waals surface area contributed by atoms with Gasteiger partial charge in [0.05, 0.1) is 17.4 Å². The van der Waals surface area contributed by atoms with Gasteiger partial charge >= 0.3 is 0 Å². The molecular weight excluding hydrogens is 277 g/mol. The van der Waals surface area contributed by atoms with Crippen molar-refractivity contribution in [2.75, 3.05) is 5.32 Å². The van der Waals surface area contributed by atoms with Gasteiger partial charge in [-0.3, -0.25) is 0 Å². The lowest BCUT2D eigenvalue weighted by atomic mass is 10.2. The number of hydrogen-bond donors (Lipinski definition) is 2. The summed E-state index contributed by atoms with van der Waals surface area (Å²) in [5, 5.41) is 9.62. The van der Waals surface area contributed by atoms with E-state index < -0.39 is 23.1 Å². The molecular formula is C11H7F3N4S. The van der Waals surface area contributed by atoms with Gasteiger partial charge in [-0.05, 0) is 6.07 Å². The summed E-state index contributed by atoms with van der Waals surface area (Å²) in [6.45, 7) is 0. The molecule has 0 radical (unpaired) electrons. The maximum absolute atomic E-state index is 13.5. The zero-order chi connectivity index (χ0) is 14.0. The Morgan fingerprint density at radius 3 is 2.68 bits per heavy atom. The molecule has 8 heteroatoms. The third kappa shape index (κ3) is 2.79. The lowest BCUT2D eigenvalue weighted by Gasteiger charge is -2.10. The van der Waals surface area contributed by atoms with E-state index in [0.29, 0.717) is 6.07 Å². The maximum atomic E-state index is 13.5. The fraction of sp³-hybridized carbons (Fsp3) is 0. The van der Waals surface area contributed by atoms with Crippen molar-refractivity contribution in [3.05, 3.63) is 47.4 Å². The molecule has 0 saturated heterocycles. The van der Waals surface area contributed by atoms with Crippen molar-refractivity contribution in [1.82, 2.24) is 10.2 Å². The Hall–Kier alpha value is -2.22. The molecule has 4 nitrogen and oxygen atoms in total. The number of hydrogen-bond acceptors (Lipinski definition) is 4. The molecule has 2 rings (SSSR count). The van der Waals surface area contributed by atoms with Crippen molar-refractivity contribution >= 4 is 28.7 Å². The SMILES string of the molecule is NC(=S)c1ccnnc1Nc1cc(F)cc(F)c1F. The minimum absolute atomic E-state index is 0.00492. The molecule has 98 valence electrons. The van der Waals surface area contributed by atoms with E-state index in [9.17, 15) is 13.2 Å². The van der Waals surface area contributed by atoms with E-state index in [-0.39, 0.29) is 16.4 Å². The molecule has 2 aromatic rings. The summed E-state index contributed by atoms with van der Waals surface area (Å²) in [6, 6.07) is 2.67. The molecule has 1 aromatic carbocycles. The summed E-state index contributed by atoms with van der Waals surface area (Å²) in [5.74, 6) is -3.47. The number of rotatable bonds is 3. The molecule has 1 heterocycles. The second-order valence-electron chi connectivity index (χ2n) is 3.53. The summed E-state index contributed by atoms with van der Waals surface area (Å²) in [5.41, 5.74) is 5.31. The van der Waals surface area contributed by atoms with Crippen LogP contribution >= 0.6 is 12.2 Å². The number of halogens is 3. The summed E-state index contributed by atoms with van der Waals surface area (Å²) >= 11 is 4.78. The summed E-state index contributed by atoms with van der Waals surface area (Å²) < 4.78 is 39.6. The minimum Gasteiger partial charge on any atom is -0.389 e. The summed E-state index contributed by atoms with van der Waals surface area (Å²) in [7, 11) is 0. The van der Waals surface area contributed by atoms with Crippen molar-refractivity contribution in [3.63, 3.8) is 0 Å². The molecule has 19 heavy (non-hydrogen) atoms. The highest BCUT2D eigenvalue weighted by Crippen LogP contribution is 2.23. The molecule has 0 aliphatic carbocycles. The summed E-state index contributed by atoms with van der Waals surface area (Å²) in [6.07, 6.45) is 1.34. The zero-order valence-electron chi connectivity index (χ0n) is 9.32. The van der Waals surface area contributed by atoms with Crippen molar-refractivity contribution in [2.24, 2.45) is 5.73 Å². The van der Waals surface area contributed by atoms with Crippen molar-refractivity contribution in [3.8, 4) is 0 Å². The third-order valence-corrected chi connectivity index (χ3v) is 2.45. The molecule has 0 amide bonds. The lowest BCUT2D eigenvalue weighted by molar-refractivity contribution is 0.498. The molecule has 0 aliphatic heterocycles. The van der Waals surface area contributed by atoms with Crippen LogP contribution < -0.4 is 11.1 Å². The number of aromatic nitrogens is 2. The van der Waals surface area contributed by atoms with Crippen molar-refractivity contribution in [2.45, 2.75) is 0 Å². The first kappa shape index (κ1) is 13.2.